The van der Waals surface area contributed by atoms with Crippen LogP contribution in [0.25, 0.3) is 0 Å². The number of rotatable bonds is 6. The smallest absolute Gasteiger partial charge is 0.337 e. The van der Waals surface area contributed by atoms with Gasteiger partial charge in [-0.2, -0.15) is 0 Å². The van der Waals surface area contributed by atoms with Crippen LogP contribution in [-0.2, 0) is 9.59 Å². The second-order valence-corrected chi connectivity index (χ2v) is 5.03. The molecule has 0 aliphatic rings. The molecule has 1 unspecified atom stereocenters. The Bertz CT molecular complexity index is 519. The van der Waals surface area contributed by atoms with Crippen molar-refractivity contribution in [2.24, 2.45) is 0 Å². The van der Waals surface area contributed by atoms with Gasteiger partial charge in [0.25, 0.3) is 5.91 Å². The van der Waals surface area contributed by atoms with Gasteiger partial charge < -0.3 is 20.3 Å². The minimum absolute atomic E-state index is 0.290. The normalized spacial score (nSPS) is 13.4. The van der Waals surface area contributed by atoms with Crippen molar-refractivity contribution in [1.29, 1.82) is 0 Å². The second kappa shape index (κ2) is 6.78. The topological polar surface area (TPSA) is 95.9 Å². The minimum atomic E-state index is -2.03. The predicted molar refractivity (Wildman–Crippen MR) is 73.2 cm³/mol. The van der Waals surface area contributed by atoms with E-state index < -0.39 is 24.0 Å². The molecule has 0 bridgehead atoms. The molecule has 0 heterocycles. The number of nitrogens with one attached hydrogen (secondary N) is 1. The number of benzene rings is 1. The van der Waals surface area contributed by atoms with E-state index in [4.69, 9.17) is 33.0 Å². The second-order valence-electron chi connectivity index (χ2n) is 4.22. The number of carbonyl (C=O) groups excluding carboxylic acids is 1. The van der Waals surface area contributed by atoms with Crippen LogP contribution >= 0.6 is 23.2 Å². The van der Waals surface area contributed by atoms with Crippen LogP contribution in [0.1, 0.15) is 6.92 Å². The molecule has 0 aliphatic heterocycles. The summed E-state index contributed by atoms with van der Waals surface area (Å²) < 4.78 is 5.15. The highest BCUT2D eigenvalue weighted by Gasteiger charge is 2.30. The van der Waals surface area contributed by atoms with Crippen molar-refractivity contribution >= 4 is 35.1 Å². The molecule has 1 atom stereocenters. The van der Waals surface area contributed by atoms with Gasteiger partial charge in [-0.25, -0.2) is 4.79 Å². The van der Waals surface area contributed by atoms with Crippen LogP contribution in [0.5, 0.6) is 5.75 Å². The lowest BCUT2D eigenvalue weighted by Gasteiger charge is -2.18. The van der Waals surface area contributed by atoms with Crippen molar-refractivity contribution in [2.75, 3.05) is 13.2 Å². The number of ether oxygens (including phenoxy) is 1. The molecule has 1 amide bonds. The van der Waals surface area contributed by atoms with Gasteiger partial charge in [0.2, 0.25) is 0 Å². The number of carboxylic acid groups (broad SMARTS) is 1. The van der Waals surface area contributed by atoms with Crippen LogP contribution in [0.15, 0.2) is 18.2 Å². The molecule has 8 heteroatoms. The highest BCUT2D eigenvalue weighted by Crippen LogP contribution is 2.26. The van der Waals surface area contributed by atoms with Gasteiger partial charge in [0.15, 0.2) is 12.2 Å². The largest absolute Gasteiger partial charge is 0.484 e. The highest BCUT2D eigenvalue weighted by atomic mass is 35.5. The molecule has 0 fully saturated rings. The molecule has 3 N–H and O–H groups in total. The number of hydrogen-bond acceptors (Lipinski definition) is 4. The van der Waals surface area contributed by atoms with Crippen LogP contribution in [-0.4, -0.2) is 40.8 Å². The number of aliphatic carboxylic acids is 1. The molecule has 0 radical (unpaired) electrons. The fourth-order valence-electron chi connectivity index (χ4n) is 1.11. The summed E-state index contributed by atoms with van der Waals surface area (Å²) in [7, 11) is 0. The van der Waals surface area contributed by atoms with Gasteiger partial charge in [-0.3, -0.25) is 4.79 Å². The van der Waals surface area contributed by atoms with E-state index in [1.807, 2.05) is 0 Å². The van der Waals surface area contributed by atoms with Gasteiger partial charge in [-0.1, -0.05) is 23.2 Å². The standard InChI is InChI=1S/C12H13Cl2NO5/c1-12(19,11(17)18)6-15-10(16)5-20-7-2-3-8(13)9(14)4-7/h2-4,19H,5-6H2,1H3,(H,15,16)(H,17,18). The van der Waals surface area contributed by atoms with E-state index in [1.54, 1.807) is 0 Å². The van der Waals surface area contributed by atoms with Crippen molar-refractivity contribution in [3.05, 3.63) is 28.2 Å². The fraction of sp³-hybridized carbons (Fsp3) is 0.333. The molecule has 20 heavy (non-hydrogen) atoms. The summed E-state index contributed by atoms with van der Waals surface area (Å²) in [6.45, 7) is 0.314. The lowest BCUT2D eigenvalue weighted by molar-refractivity contribution is -0.156. The molecule has 1 aromatic carbocycles. The summed E-state index contributed by atoms with van der Waals surface area (Å²) in [4.78, 5) is 22.1. The van der Waals surface area contributed by atoms with Crippen LogP contribution in [0.2, 0.25) is 10.0 Å². The van der Waals surface area contributed by atoms with Crippen molar-refractivity contribution < 1.29 is 24.5 Å². The SMILES string of the molecule is CC(O)(CNC(=O)COc1ccc(Cl)c(Cl)c1)C(=O)O. The first-order valence-corrected chi connectivity index (χ1v) is 6.28. The van der Waals surface area contributed by atoms with E-state index in [1.165, 1.54) is 18.2 Å². The van der Waals surface area contributed by atoms with Gasteiger partial charge in [0.1, 0.15) is 5.75 Å². The summed E-state index contributed by atoms with van der Waals surface area (Å²) in [5.41, 5.74) is -2.03. The van der Waals surface area contributed by atoms with E-state index in [2.05, 4.69) is 5.32 Å². The lowest BCUT2D eigenvalue weighted by Crippen LogP contribution is -2.47. The van der Waals surface area contributed by atoms with Crippen LogP contribution in [0, 0.1) is 0 Å². The average Bonchev–Trinajstić information content (AvgIpc) is 2.37. The van der Waals surface area contributed by atoms with Gasteiger partial charge in [0, 0.05) is 6.07 Å². The Kier molecular flexibility index (Phi) is 5.62. The lowest BCUT2D eigenvalue weighted by atomic mass is 10.1. The molecule has 110 valence electrons. The van der Waals surface area contributed by atoms with E-state index in [9.17, 15) is 14.7 Å². The first-order valence-electron chi connectivity index (χ1n) is 5.52. The van der Waals surface area contributed by atoms with E-state index in [0.29, 0.717) is 15.8 Å². The van der Waals surface area contributed by atoms with Crippen LogP contribution in [0.3, 0.4) is 0 Å². The Labute approximate surface area is 125 Å². The quantitative estimate of drug-likeness (QED) is 0.734. The van der Waals surface area contributed by atoms with Gasteiger partial charge >= 0.3 is 5.97 Å². The number of carboxylic acids is 1. The molecule has 0 aliphatic carbocycles. The zero-order chi connectivity index (χ0) is 15.3. The third kappa shape index (κ3) is 4.88. The first kappa shape index (κ1) is 16.6. The zero-order valence-electron chi connectivity index (χ0n) is 10.5. The summed E-state index contributed by atoms with van der Waals surface area (Å²) in [5.74, 6) is -1.65. The maximum atomic E-state index is 11.4. The first-order chi connectivity index (χ1) is 9.22. The van der Waals surface area contributed by atoms with Gasteiger partial charge in [0.05, 0.1) is 16.6 Å². The third-order valence-electron chi connectivity index (χ3n) is 2.35. The van der Waals surface area contributed by atoms with E-state index in [0.717, 1.165) is 6.92 Å². The Balaban J connectivity index is 2.44. The monoisotopic (exact) mass is 321 g/mol. The summed E-state index contributed by atoms with van der Waals surface area (Å²) in [5, 5.41) is 21.0. The third-order valence-corrected chi connectivity index (χ3v) is 3.09. The van der Waals surface area contributed by atoms with Crippen molar-refractivity contribution in [3.8, 4) is 5.75 Å². The number of halogens is 2. The molecular formula is C12H13Cl2NO5. The Morgan fingerprint density at radius 3 is 2.55 bits per heavy atom. The highest BCUT2D eigenvalue weighted by molar-refractivity contribution is 6.42. The molecule has 6 nitrogen and oxygen atoms in total. The molecule has 0 spiro atoms. The van der Waals surface area contributed by atoms with E-state index in [-0.39, 0.29) is 6.61 Å². The summed E-state index contributed by atoms with van der Waals surface area (Å²) in [6, 6.07) is 4.51. The molecule has 0 saturated heterocycles. The maximum Gasteiger partial charge on any atom is 0.337 e. The zero-order valence-corrected chi connectivity index (χ0v) is 12.0. The Morgan fingerprint density at radius 2 is 2.00 bits per heavy atom. The number of carbonyl (C=O) groups is 2. The maximum absolute atomic E-state index is 11.4. The van der Waals surface area contributed by atoms with Gasteiger partial charge in [-0.05, 0) is 19.1 Å². The van der Waals surface area contributed by atoms with E-state index >= 15 is 0 Å². The fourth-order valence-corrected chi connectivity index (χ4v) is 1.40. The van der Waals surface area contributed by atoms with Crippen molar-refractivity contribution in [3.63, 3.8) is 0 Å². The van der Waals surface area contributed by atoms with Crippen molar-refractivity contribution in [1.82, 2.24) is 5.32 Å². The predicted octanol–water partition coefficient (Wildman–Crippen LogP) is 1.32. The van der Waals surface area contributed by atoms with Crippen molar-refractivity contribution in [2.45, 2.75) is 12.5 Å². The Hall–Kier alpha value is -1.50. The molecular weight excluding hydrogens is 309 g/mol. The van der Waals surface area contributed by atoms with Crippen LogP contribution in [0.4, 0.5) is 0 Å². The molecule has 0 aromatic heterocycles. The summed E-state index contributed by atoms with van der Waals surface area (Å²) >= 11 is 11.5. The summed E-state index contributed by atoms with van der Waals surface area (Å²) in [6.07, 6.45) is 0. The molecule has 1 rings (SSSR count). The number of amides is 1. The minimum Gasteiger partial charge on any atom is -0.484 e. The molecule has 0 saturated carbocycles. The Morgan fingerprint density at radius 1 is 1.35 bits per heavy atom. The average molecular weight is 322 g/mol. The molecule has 1 aromatic rings. The number of aliphatic hydroxyl groups is 1. The number of hydrogen-bond donors (Lipinski definition) is 3. The van der Waals surface area contributed by atoms with Gasteiger partial charge in [-0.15, -0.1) is 0 Å². The van der Waals surface area contributed by atoms with Crippen LogP contribution < -0.4 is 10.1 Å².